The Morgan fingerprint density at radius 1 is 0.253 bits per heavy atom. The summed E-state index contributed by atoms with van der Waals surface area (Å²) >= 11 is 0. The van der Waals surface area contributed by atoms with Crippen LogP contribution in [0.15, 0.2) is 48.6 Å². The minimum absolute atomic E-state index is 0.0759. The highest BCUT2D eigenvalue weighted by molar-refractivity contribution is 5.71. The topological polar surface area (TPSA) is 78.9 Å². The Balaban J connectivity index is 4.16. The molecule has 0 aromatic carbocycles. The summed E-state index contributed by atoms with van der Waals surface area (Å²) in [6, 6.07) is 0. The number of ether oxygens (including phenoxy) is 3. The molecule has 6 nitrogen and oxygen atoms in total. The van der Waals surface area contributed by atoms with Crippen molar-refractivity contribution in [3.05, 3.63) is 48.6 Å². The second-order valence-electron chi connectivity index (χ2n) is 25.2. The van der Waals surface area contributed by atoms with E-state index in [1.54, 1.807) is 0 Å². The zero-order valence-corrected chi connectivity index (χ0v) is 56.0. The van der Waals surface area contributed by atoms with Gasteiger partial charge in [-0.1, -0.05) is 358 Å². The van der Waals surface area contributed by atoms with Crippen LogP contribution in [0.25, 0.3) is 0 Å². The fourth-order valence-electron chi connectivity index (χ4n) is 11.3. The molecular formula is C77H142O6. The number of hydrogen-bond donors (Lipinski definition) is 0. The monoisotopic (exact) mass is 1160 g/mol. The summed E-state index contributed by atoms with van der Waals surface area (Å²) < 4.78 is 17.0. The maximum atomic E-state index is 12.9. The molecule has 83 heavy (non-hydrogen) atoms. The fourth-order valence-corrected chi connectivity index (χ4v) is 11.3. The van der Waals surface area contributed by atoms with Gasteiger partial charge in [0.25, 0.3) is 0 Å². The lowest BCUT2D eigenvalue weighted by atomic mass is 10.0. The first kappa shape index (κ1) is 80.4. The Hall–Kier alpha value is -2.63. The van der Waals surface area contributed by atoms with Gasteiger partial charge in [-0.05, 0) is 77.0 Å². The van der Waals surface area contributed by atoms with E-state index < -0.39 is 6.10 Å². The maximum Gasteiger partial charge on any atom is 0.306 e. The Morgan fingerprint density at radius 2 is 0.470 bits per heavy atom. The van der Waals surface area contributed by atoms with Crippen molar-refractivity contribution in [3.8, 4) is 0 Å². The molecule has 0 bridgehead atoms. The lowest BCUT2D eigenvalue weighted by Crippen LogP contribution is -2.30. The summed E-state index contributed by atoms with van der Waals surface area (Å²) in [5, 5.41) is 0. The summed E-state index contributed by atoms with van der Waals surface area (Å²) in [7, 11) is 0. The van der Waals surface area contributed by atoms with Gasteiger partial charge in [-0.2, -0.15) is 0 Å². The summed E-state index contributed by atoms with van der Waals surface area (Å²) in [6.45, 7) is 6.58. The van der Waals surface area contributed by atoms with E-state index in [0.717, 1.165) is 89.9 Å². The molecule has 0 spiro atoms. The predicted octanol–water partition coefficient (Wildman–Crippen LogP) is 25.7. The quantitative estimate of drug-likeness (QED) is 0.0261. The van der Waals surface area contributed by atoms with Gasteiger partial charge in [0, 0.05) is 19.3 Å². The van der Waals surface area contributed by atoms with Crippen LogP contribution in [-0.4, -0.2) is 37.2 Å². The molecule has 0 heterocycles. The number of rotatable bonds is 69. The molecule has 0 aliphatic rings. The number of carbonyl (C=O) groups excluding carboxylic acids is 3. The first-order valence-corrected chi connectivity index (χ1v) is 37.1. The zero-order valence-electron chi connectivity index (χ0n) is 56.0. The lowest BCUT2D eigenvalue weighted by molar-refractivity contribution is -0.167. The van der Waals surface area contributed by atoms with E-state index in [4.69, 9.17) is 14.2 Å². The molecule has 486 valence electrons. The number of unbranched alkanes of at least 4 members (excludes halogenated alkanes) is 50. The molecule has 0 saturated heterocycles. The van der Waals surface area contributed by atoms with E-state index in [1.807, 2.05) is 0 Å². The van der Waals surface area contributed by atoms with Crippen LogP contribution in [0.5, 0.6) is 0 Å². The minimum atomic E-state index is -0.782. The third-order valence-electron chi connectivity index (χ3n) is 16.8. The van der Waals surface area contributed by atoms with Crippen LogP contribution >= 0.6 is 0 Å². The van der Waals surface area contributed by atoms with Crippen molar-refractivity contribution in [1.29, 1.82) is 0 Å². The van der Waals surface area contributed by atoms with E-state index >= 15 is 0 Å². The maximum absolute atomic E-state index is 12.9. The van der Waals surface area contributed by atoms with E-state index in [0.29, 0.717) is 19.3 Å². The summed E-state index contributed by atoms with van der Waals surface area (Å²) in [6.07, 6.45) is 91.7. The fraction of sp³-hybridized carbons (Fsp3) is 0.857. The highest BCUT2D eigenvalue weighted by Crippen LogP contribution is 2.19. The molecule has 6 heteroatoms. The molecule has 0 N–H and O–H groups in total. The second-order valence-corrected chi connectivity index (χ2v) is 25.2. The number of hydrogen-bond acceptors (Lipinski definition) is 6. The number of carbonyl (C=O) groups is 3. The van der Waals surface area contributed by atoms with Crippen molar-refractivity contribution in [2.45, 2.75) is 412 Å². The second kappa shape index (κ2) is 71.8. The highest BCUT2D eigenvalue weighted by atomic mass is 16.6. The molecule has 0 aliphatic heterocycles. The Bertz CT molecular complexity index is 1430. The summed E-state index contributed by atoms with van der Waals surface area (Å²) in [4.78, 5) is 38.5. The third kappa shape index (κ3) is 70.0. The Kier molecular flexibility index (Phi) is 69.6. The zero-order chi connectivity index (χ0) is 59.9. The molecule has 0 aliphatic carbocycles. The van der Waals surface area contributed by atoms with Gasteiger partial charge in [-0.25, -0.2) is 0 Å². The SMILES string of the molecule is CC/C=C\C/C=C\C/C=C\CCCCCCCCCC(=O)OC(COC(=O)CCCCCCC/C=C\CCCCCCCCC)COC(=O)CCCCCCCCCCCCCCCCCCCCCCCCCCCCCCCCCC. The Morgan fingerprint density at radius 3 is 0.747 bits per heavy atom. The average molecular weight is 1160 g/mol. The standard InChI is InChI=1S/C77H142O6/c1-4-7-10-13-16-19-22-25-28-31-32-33-34-35-36-37-38-39-40-41-42-43-44-45-47-49-52-55-58-61-64-67-70-76(79)82-73-74(72-81-75(78)69-66-63-60-57-54-51-48-30-27-24-21-18-15-12-9-6-3)83-77(80)71-68-65-62-59-56-53-50-46-29-26-23-20-17-14-11-8-5-2/h8,11,17,20,26,29-30,48,74H,4-7,9-10,12-16,18-19,21-25,27-28,31-47,49-73H2,1-3H3/b11-8-,20-17-,29-26-,48-30-. The van der Waals surface area contributed by atoms with Crippen LogP contribution in [0.4, 0.5) is 0 Å². The van der Waals surface area contributed by atoms with Crippen LogP contribution in [0.3, 0.4) is 0 Å². The van der Waals surface area contributed by atoms with Crippen LogP contribution in [0.1, 0.15) is 406 Å². The molecule has 1 atom stereocenters. The Labute approximate surface area is 518 Å². The van der Waals surface area contributed by atoms with Crippen molar-refractivity contribution >= 4 is 17.9 Å². The summed E-state index contributed by atoms with van der Waals surface area (Å²) in [5.41, 5.74) is 0. The van der Waals surface area contributed by atoms with Crippen molar-refractivity contribution in [3.63, 3.8) is 0 Å². The van der Waals surface area contributed by atoms with Crippen LogP contribution in [0.2, 0.25) is 0 Å². The van der Waals surface area contributed by atoms with Gasteiger partial charge in [0.2, 0.25) is 0 Å². The van der Waals surface area contributed by atoms with Crippen molar-refractivity contribution < 1.29 is 28.6 Å². The first-order valence-electron chi connectivity index (χ1n) is 37.1. The third-order valence-corrected chi connectivity index (χ3v) is 16.8. The van der Waals surface area contributed by atoms with Gasteiger partial charge in [0.05, 0.1) is 0 Å². The smallest absolute Gasteiger partial charge is 0.306 e. The number of esters is 3. The van der Waals surface area contributed by atoms with Gasteiger partial charge < -0.3 is 14.2 Å². The lowest BCUT2D eigenvalue weighted by Gasteiger charge is -2.18. The molecule has 0 aromatic rings. The first-order chi connectivity index (χ1) is 41.0. The van der Waals surface area contributed by atoms with E-state index in [-0.39, 0.29) is 31.1 Å². The van der Waals surface area contributed by atoms with Gasteiger partial charge in [0.15, 0.2) is 6.10 Å². The summed E-state index contributed by atoms with van der Waals surface area (Å²) in [5.74, 6) is -0.868. The van der Waals surface area contributed by atoms with Gasteiger partial charge in [-0.3, -0.25) is 14.4 Å². The van der Waals surface area contributed by atoms with Gasteiger partial charge in [0.1, 0.15) is 13.2 Å². The molecule has 0 aromatic heterocycles. The molecule has 1 unspecified atom stereocenters. The van der Waals surface area contributed by atoms with Crippen LogP contribution < -0.4 is 0 Å². The van der Waals surface area contributed by atoms with Crippen molar-refractivity contribution in [2.24, 2.45) is 0 Å². The molecule has 0 amide bonds. The van der Waals surface area contributed by atoms with Crippen molar-refractivity contribution in [2.75, 3.05) is 13.2 Å². The molecule has 0 saturated carbocycles. The van der Waals surface area contributed by atoms with Gasteiger partial charge >= 0.3 is 17.9 Å². The largest absolute Gasteiger partial charge is 0.462 e. The molecule has 0 radical (unpaired) electrons. The molecular weight excluding hydrogens is 1020 g/mol. The van der Waals surface area contributed by atoms with E-state index in [1.165, 1.54) is 276 Å². The van der Waals surface area contributed by atoms with Crippen LogP contribution in [-0.2, 0) is 28.6 Å². The normalized spacial score (nSPS) is 12.3. The van der Waals surface area contributed by atoms with E-state index in [2.05, 4.69) is 69.4 Å². The highest BCUT2D eigenvalue weighted by Gasteiger charge is 2.19. The minimum Gasteiger partial charge on any atom is -0.462 e. The van der Waals surface area contributed by atoms with Crippen molar-refractivity contribution in [1.82, 2.24) is 0 Å². The average Bonchev–Trinajstić information content (AvgIpc) is 3.49. The predicted molar refractivity (Wildman–Crippen MR) is 362 cm³/mol. The van der Waals surface area contributed by atoms with E-state index in [9.17, 15) is 14.4 Å². The number of allylic oxidation sites excluding steroid dienone is 8. The molecule has 0 fully saturated rings. The van der Waals surface area contributed by atoms with Gasteiger partial charge in [-0.15, -0.1) is 0 Å². The molecule has 0 rings (SSSR count). The van der Waals surface area contributed by atoms with Crippen LogP contribution in [0, 0.1) is 0 Å².